The van der Waals surface area contributed by atoms with Gasteiger partial charge < -0.3 is 15.0 Å². The number of aromatic amines is 1. The summed E-state index contributed by atoms with van der Waals surface area (Å²) in [5.74, 6) is 2.35. The summed E-state index contributed by atoms with van der Waals surface area (Å²) >= 11 is 13.0. The number of hydrogen-bond acceptors (Lipinski definition) is 16. The van der Waals surface area contributed by atoms with Crippen molar-refractivity contribution < 1.29 is 15.8 Å². The van der Waals surface area contributed by atoms with Crippen molar-refractivity contribution in [3.63, 3.8) is 0 Å². The first-order valence-corrected chi connectivity index (χ1v) is 35.5. The number of halogens is 4. The quantitative estimate of drug-likeness (QED) is 0.0660. The number of nitrogens with zero attached hydrogens (tertiary/aromatic N) is 16. The van der Waals surface area contributed by atoms with Crippen LogP contribution in [-0.2, 0) is 0 Å². The van der Waals surface area contributed by atoms with Crippen molar-refractivity contribution >= 4 is 164 Å². The molecule has 0 unspecified atom stereocenters. The Morgan fingerprint density at radius 2 is 0.846 bits per heavy atom. The Morgan fingerprint density at radius 1 is 0.462 bits per heavy atom. The maximum Gasteiger partial charge on any atom is 0.165 e. The fraction of sp³-hybridized carbons (Fsp3) is 0.179. The molecule has 0 saturated heterocycles. The van der Waals surface area contributed by atoms with Gasteiger partial charge in [-0.05, 0) is 99.2 Å². The molecule has 525 valence electrons. The number of imidazole rings is 4. The molecule has 0 spiro atoms. The van der Waals surface area contributed by atoms with Crippen molar-refractivity contribution in [3.05, 3.63) is 262 Å². The number of H-pyrrole nitrogens is 1. The van der Waals surface area contributed by atoms with Gasteiger partial charge in [-0.15, -0.1) is 0 Å². The summed E-state index contributed by atoms with van der Waals surface area (Å²) < 4.78 is 26.7. The number of nitrogens with one attached hydrogen (secondary N) is 1. The van der Waals surface area contributed by atoms with Crippen LogP contribution in [0.15, 0.2) is 244 Å². The summed E-state index contributed by atoms with van der Waals surface area (Å²) in [6.07, 6.45) is 24.7. The number of fused-ring (bicyclic) bond motifs is 18. The fourth-order valence-electron chi connectivity index (χ4n) is 12.1. The van der Waals surface area contributed by atoms with Crippen LogP contribution in [0.5, 0.6) is 0 Å². The molecule has 3 N–H and O–H groups in total. The van der Waals surface area contributed by atoms with Crippen LogP contribution in [0, 0.1) is 0 Å². The standard InChI is InChI=1S/C25H24N4.C13H7BrN4.C13H8N4.C12H19BO2.C9H8N2.C4H2Br2N2.CH3F.CH4.BHNS/c1-15(2)17-10-7-11-18(16(3)4)22(17)21-14-28-24-20-9-6-5-8-19(20)23-25(29(21)24)27-13-12-26-23;14-10-7-17-12-9-4-2-1-3-8(9)11-13(18(10)12)16-6-5-15-11;1-2-4-10-9(3-1)11-13(15-6-5-14-11)17-8-7-16-12(10)17;1-8(2)10-6-5-7-11(9(3)4)12(10)13(14)15;1-2-4-8(5-3-1)9-10-6-7-11-9;5-3-4(6)8-2-1-7-3;1-2;;1-2-3/h5-16H,1-4H3;1-7H;1-8H;5-9,14-15H,1-4H3;1-7H,(H,10,11);1-2H;1H3;1H4;3H/i;;;;;;1D;;. The first-order chi connectivity index (χ1) is 50.4. The molecule has 17 aromatic rings. The Morgan fingerprint density at radius 3 is 1.30 bits per heavy atom. The number of pyridine rings is 3. The van der Waals surface area contributed by atoms with E-state index >= 15 is 0 Å². The van der Waals surface area contributed by atoms with Gasteiger partial charge in [-0.25, -0.2) is 44.9 Å². The summed E-state index contributed by atoms with van der Waals surface area (Å²) in [7, 11) is 1.96. The van der Waals surface area contributed by atoms with Crippen molar-refractivity contribution in [1.29, 1.82) is 0 Å². The monoisotopic (exact) mass is 1590 g/mol. The minimum Gasteiger partial charge on any atom is -0.345 e. The van der Waals surface area contributed by atoms with Gasteiger partial charge in [0.15, 0.2) is 16.9 Å². The first-order valence-electron chi connectivity index (χ1n) is 33.4. The average molecular weight is 1600 g/mol. The Labute approximate surface area is 635 Å². The molecule has 0 fully saturated rings. The fourth-order valence-corrected chi connectivity index (χ4v) is 13.0. The number of rotatable bonds is 7. The Hall–Kier alpha value is -9.95. The zero-order valence-electron chi connectivity index (χ0n) is 58.5. The molecule has 0 saturated carbocycles. The van der Waals surface area contributed by atoms with Crippen molar-refractivity contribution in [2.45, 2.75) is 86.5 Å². The molecular weight excluding hydrogens is 1520 g/mol. The molecule has 104 heavy (non-hydrogen) atoms. The number of alkyl halides is 1. The van der Waals surface area contributed by atoms with Crippen LogP contribution >= 0.6 is 60.6 Å². The first kappa shape index (κ1) is 76.7. The molecule has 17 rings (SSSR count). The second kappa shape index (κ2) is 37.0. The van der Waals surface area contributed by atoms with E-state index in [2.05, 4.69) is 248 Å². The third kappa shape index (κ3) is 17.3. The van der Waals surface area contributed by atoms with E-state index in [9.17, 15) is 14.4 Å². The molecule has 0 amide bonds. The predicted molar refractivity (Wildman–Crippen MR) is 436 cm³/mol. The second-order valence-electron chi connectivity index (χ2n) is 24.2. The van der Waals surface area contributed by atoms with Gasteiger partial charge in [0, 0.05) is 118 Å². The molecule has 19 nitrogen and oxygen atoms in total. The topological polar surface area (TPSA) is 237 Å². The van der Waals surface area contributed by atoms with Gasteiger partial charge in [-0.3, -0.25) is 32.5 Å². The van der Waals surface area contributed by atoms with Gasteiger partial charge in [0.1, 0.15) is 53.1 Å². The van der Waals surface area contributed by atoms with Crippen LogP contribution in [0.1, 0.15) is 110 Å². The van der Waals surface area contributed by atoms with Gasteiger partial charge in [0.2, 0.25) is 0 Å². The SMILES string of the molecule is Brc1cnc2c3ccccc3c3nccnc3n12.Brc1nccnc1Br.C.CC(C)c1cccc(C(C)C)c1-c1cnc2c3ccccc3c3nccnc3n12.CC(C)c1cccc(C(C)C)c1B(O)O.[2H]CF.[B]=NS.c1ccc(-c2ncc[nH]2)cc1.c1ccc2c(c1)c1nccnc1n1ccnc21. The van der Waals surface area contributed by atoms with Crippen molar-refractivity contribution in [1.82, 2.24) is 78.0 Å². The van der Waals surface area contributed by atoms with Crippen LogP contribution in [0.3, 0.4) is 0 Å². The molecule has 0 atom stereocenters. The maximum absolute atomic E-state index is 9.96. The van der Waals surface area contributed by atoms with E-state index in [0.717, 1.165) is 125 Å². The van der Waals surface area contributed by atoms with E-state index in [1.807, 2.05) is 106 Å². The Balaban J connectivity index is 0.000000149. The molecule has 0 aliphatic carbocycles. The number of aromatic nitrogens is 16. The van der Waals surface area contributed by atoms with E-state index in [1.54, 1.807) is 68.2 Å². The molecule has 1 radical (unpaired) electrons. The van der Waals surface area contributed by atoms with Crippen LogP contribution in [0.4, 0.5) is 4.39 Å². The van der Waals surface area contributed by atoms with Gasteiger partial charge >= 0.3 is 31.9 Å². The number of hydrogen-bond donors (Lipinski definition) is 4. The summed E-state index contributed by atoms with van der Waals surface area (Å²) in [6.45, 7) is 17.2. The second-order valence-corrected chi connectivity index (χ2v) is 26.7. The van der Waals surface area contributed by atoms with Crippen LogP contribution < -0.4 is 5.46 Å². The van der Waals surface area contributed by atoms with Crippen LogP contribution in [0.25, 0.3) is 105 Å². The molecule has 26 heteroatoms. The predicted octanol–water partition coefficient (Wildman–Crippen LogP) is 19.1. The van der Waals surface area contributed by atoms with Crippen molar-refractivity contribution in [2.24, 2.45) is 4.30 Å². The number of thiol groups is 1. The summed E-state index contributed by atoms with van der Waals surface area (Å²) in [5.41, 5.74) is 16.8. The zero-order chi connectivity index (χ0) is 74.0. The Kier molecular flexibility index (Phi) is 27.3. The van der Waals surface area contributed by atoms with E-state index in [1.165, 1.54) is 16.7 Å². The smallest absolute Gasteiger partial charge is 0.165 e. The van der Waals surface area contributed by atoms with E-state index < -0.39 is 14.3 Å². The minimum absolute atomic E-state index is 0. The molecule has 0 aliphatic heterocycles. The third-order valence-electron chi connectivity index (χ3n) is 16.5. The minimum atomic E-state index is -1.37. The van der Waals surface area contributed by atoms with Crippen LogP contribution in [-0.4, -0.2) is 110 Å². The normalized spacial score (nSPS) is 10.9. The van der Waals surface area contributed by atoms with Crippen molar-refractivity contribution in [3.8, 4) is 22.6 Å². The Bertz CT molecular complexity index is 5580. The largest absolute Gasteiger partial charge is 0.345 e. The number of benzene rings is 6. The third-order valence-corrected chi connectivity index (χ3v) is 18.8. The summed E-state index contributed by atoms with van der Waals surface area (Å²) in [5, 5.41) is 25.4. The molecule has 0 aliphatic rings. The van der Waals surface area contributed by atoms with Crippen LogP contribution in [0.2, 0.25) is 0 Å². The van der Waals surface area contributed by atoms with Gasteiger partial charge in [-0.2, -0.15) is 0 Å². The molecular formula is C78H76B2Br3FN17O2S. The molecule has 11 aromatic heterocycles. The zero-order valence-corrected chi connectivity index (χ0v) is 63.2. The summed E-state index contributed by atoms with van der Waals surface area (Å²) in [6, 6.07) is 47.2. The van der Waals surface area contributed by atoms with E-state index in [-0.39, 0.29) is 7.43 Å². The molecule has 0 bridgehead atoms. The van der Waals surface area contributed by atoms with E-state index in [0.29, 0.717) is 29.1 Å². The van der Waals surface area contributed by atoms with Gasteiger partial charge in [0.25, 0.3) is 0 Å². The van der Waals surface area contributed by atoms with Gasteiger partial charge in [0.05, 0.1) is 26.6 Å². The average Bonchev–Trinajstić information content (AvgIpc) is 1.66. The molecule has 11 heterocycles. The van der Waals surface area contributed by atoms with Gasteiger partial charge in [-0.1, -0.05) is 202 Å². The maximum atomic E-state index is 9.96. The van der Waals surface area contributed by atoms with E-state index in [4.69, 9.17) is 11.3 Å². The van der Waals surface area contributed by atoms with Crippen molar-refractivity contribution in [2.75, 3.05) is 7.15 Å². The molecule has 6 aromatic carbocycles. The summed E-state index contributed by atoms with van der Waals surface area (Å²) in [4.78, 5) is 55.7.